The van der Waals surface area contributed by atoms with Crippen molar-refractivity contribution in [3.05, 3.63) is 47.8 Å². The SMILES string of the molecule is C/C=C\c1nc2ccccc2nc1/C=C\CC. The molecule has 1 aromatic heterocycles. The molecule has 2 rings (SSSR count). The van der Waals surface area contributed by atoms with E-state index in [1.54, 1.807) is 0 Å². The van der Waals surface area contributed by atoms with E-state index in [0.29, 0.717) is 0 Å². The zero-order chi connectivity index (χ0) is 12.1. The lowest BCUT2D eigenvalue weighted by atomic mass is 10.2. The van der Waals surface area contributed by atoms with Crippen molar-refractivity contribution in [1.82, 2.24) is 9.97 Å². The van der Waals surface area contributed by atoms with E-state index in [0.717, 1.165) is 28.8 Å². The highest BCUT2D eigenvalue weighted by molar-refractivity contribution is 5.77. The van der Waals surface area contributed by atoms with Crippen molar-refractivity contribution in [2.24, 2.45) is 0 Å². The first kappa shape index (κ1) is 11.5. The van der Waals surface area contributed by atoms with Gasteiger partial charge in [-0.2, -0.15) is 0 Å². The molecule has 0 radical (unpaired) electrons. The van der Waals surface area contributed by atoms with Gasteiger partial charge in [-0.3, -0.25) is 0 Å². The van der Waals surface area contributed by atoms with Gasteiger partial charge in [0.05, 0.1) is 22.4 Å². The van der Waals surface area contributed by atoms with Gasteiger partial charge < -0.3 is 0 Å². The number of rotatable bonds is 3. The monoisotopic (exact) mass is 224 g/mol. The molecule has 0 saturated heterocycles. The third-order valence-corrected chi connectivity index (χ3v) is 2.46. The Labute approximate surface area is 102 Å². The Hall–Kier alpha value is -1.96. The van der Waals surface area contributed by atoms with Gasteiger partial charge in [0.15, 0.2) is 0 Å². The lowest BCUT2D eigenvalue weighted by Crippen LogP contribution is -1.93. The molecule has 0 atom stereocenters. The van der Waals surface area contributed by atoms with Crippen LogP contribution in [0.3, 0.4) is 0 Å². The molecule has 0 aliphatic carbocycles. The van der Waals surface area contributed by atoms with E-state index in [1.807, 2.05) is 49.4 Å². The van der Waals surface area contributed by atoms with Crippen LogP contribution in [0.15, 0.2) is 36.4 Å². The Morgan fingerprint density at radius 1 is 1.00 bits per heavy atom. The van der Waals surface area contributed by atoms with Crippen molar-refractivity contribution >= 4 is 23.2 Å². The summed E-state index contributed by atoms with van der Waals surface area (Å²) in [4.78, 5) is 9.25. The standard InChI is InChI=1S/C15H16N2/c1-3-5-9-13-12(8-4-2)16-14-10-6-7-11-15(14)17-13/h4-11H,3H2,1-2H3/b8-4-,9-5-. The van der Waals surface area contributed by atoms with Gasteiger partial charge >= 0.3 is 0 Å². The van der Waals surface area contributed by atoms with Crippen LogP contribution in [-0.2, 0) is 0 Å². The predicted molar refractivity (Wildman–Crippen MR) is 73.6 cm³/mol. The van der Waals surface area contributed by atoms with Crippen LogP contribution in [-0.4, -0.2) is 9.97 Å². The van der Waals surface area contributed by atoms with Gasteiger partial charge in [-0.25, -0.2) is 9.97 Å². The predicted octanol–water partition coefficient (Wildman–Crippen LogP) is 4.09. The molecule has 1 heterocycles. The molecule has 1 aromatic carbocycles. The Morgan fingerprint density at radius 3 is 2.12 bits per heavy atom. The van der Waals surface area contributed by atoms with E-state index < -0.39 is 0 Å². The van der Waals surface area contributed by atoms with Crippen LogP contribution in [0.5, 0.6) is 0 Å². The van der Waals surface area contributed by atoms with E-state index in [2.05, 4.69) is 23.0 Å². The van der Waals surface area contributed by atoms with Crippen molar-refractivity contribution in [3.8, 4) is 0 Å². The minimum absolute atomic E-state index is 0.927. The first-order chi connectivity index (χ1) is 8.35. The van der Waals surface area contributed by atoms with E-state index >= 15 is 0 Å². The van der Waals surface area contributed by atoms with Crippen LogP contribution in [0.4, 0.5) is 0 Å². The average Bonchev–Trinajstić information content (AvgIpc) is 2.36. The van der Waals surface area contributed by atoms with Crippen LogP contribution in [0, 0.1) is 0 Å². The summed E-state index contributed by atoms with van der Waals surface area (Å²) >= 11 is 0. The quantitative estimate of drug-likeness (QED) is 0.784. The number of nitrogens with zero attached hydrogens (tertiary/aromatic N) is 2. The summed E-state index contributed by atoms with van der Waals surface area (Å²) < 4.78 is 0. The third-order valence-electron chi connectivity index (χ3n) is 2.46. The fourth-order valence-electron chi connectivity index (χ4n) is 1.66. The van der Waals surface area contributed by atoms with Crippen LogP contribution in [0.1, 0.15) is 31.7 Å². The average molecular weight is 224 g/mol. The van der Waals surface area contributed by atoms with Crippen molar-refractivity contribution in [3.63, 3.8) is 0 Å². The first-order valence-electron chi connectivity index (χ1n) is 5.91. The summed E-state index contributed by atoms with van der Waals surface area (Å²) in [7, 11) is 0. The van der Waals surface area contributed by atoms with Crippen LogP contribution in [0.25, 0.3) is 23.2 Å². The summed E-state index contributed by atoms with van der Waals surface area (Å²) in [6.45, 7) is 4.10. The number of allylic oxidation sites excluding steroid dienone is 2. The smallest absolute Gasteiger partial charge is 0.0894 e. The second-order valence-electron chi connectivity index (χ2n) is 3.79. The molecule has 2 heteroatoms. The summed E-state index contributed by atoms with van der Waals surface area (Å²) in [5.41, 5.74) is 3.74. The van der Waals surface area contributed by atoms with E-state index in [4.69, 9.17) is 0 Å². The normalized spacial score (nSPS) is 11.9. The molecule has 0 unspecified atom stereocenters. The van der Waals surface area contributed by atoms with Gasteiger partial charge in [-0.05, 0) is 37.6 Å². The maximum Gasteiger partial charge on any atom is 0.0894 e. The maximum absolute atomic E-state index is 4.63. The summed E-state index contributed by atoms with van der Waals surface area (Å²) in [5, 5.41) is 0. The molecule has 86 valence electrons. The zero-order valence-electron chi connectivity index (χ0n) is 10.2. The lowest BCUT2D eigenvalue weighted by Gasteiger charge is -2.03. The molecule has 0 fully saturated rings. The third kappa shape index (κ3) is 2.59. The number of fused-ring (bicyclic) bond motifs is 1. The van der Waals surface area contributed by atoms with Gasteiger partial charge in [0.1, 0.15) is 0 Å². The summed E-state index contributed by atoms with van der Waals surface area (Å²) in [6.07, 6.45) is 9.13. The molecule has 0 N–H and O–H groups in total. The van der Waals surface area contributed by atoms with Crippen LogP contribution < -0.4 is 0 Å². The molecule has 0 aliphatic heterocycles. The van der Waals surface area contributed by atoms with E-state index in [9.17, 15) is 0 Å². The fourth-order valence-corrected chi connectivity index (χ4v) is 1.66. The van der Waals surface area contributed by atoms with E-state index in [-0.39, 0.29) is 0 Å². The fraction of sp³-hybridized carbons (Fsp3) is 0.200. The molecule has 2 aromatic rings. The van der Waals surface area contributed by atoms with Crippen molar-refractivity contribution in [2.75, 3.05) is 0 Å². The number of hydrogen-bond acceptors (Lipinski definition) is 2. The Kier molecular flexibility index (Phi) is 3.66. The highest BCUT2D eigenvalue weighted by Gasteiger charge is 2.02. The number of hydrogen-bond donors (Lipinski definition) is 0. The molecule has 0 bridgehead atoms. The molecular formula is C15H16N2. The highest BCUT2D eigenvalue weighted by atomic mass is 14.8. The number of aromatic nitrogens is 2. The Bertz CT molecular complexity index is 568. The second kappa shape index (κ2) is 5.39. The molecule has 17 heavy (non-hydrogen) atoms. The lowest BCUT2D eigenvalue weighted by molar-refractivity contribution is 1.21. The molecule has 0 spiro atoms. The number of benzene rings is 1. The first-order valence-corrected chi connectivity index (χ1v) is 5.91. The molecule has 0 aliphatic rings. The van der Waals surface area contributed by atoms with Gasteiger partial charge in [-0.1, -0.05) is 31.2 Å². The molecule has 0 saturated carbocycles. The Morgan fingerprint density at radius 2 is 1.59 bits per heavy atom. The highest BCUT2D eigenvalue weighted by Crippen LogP contribution is 2.15. The second-order valence-corrected chi connectivity index (χ2v) is 3.79. The summed E-state index contributed by atoms with van der Waals surface area (Å²) in [6, 6.07) is 7.95. The number of para-hydroxylation sites is 2. The molecule has 2 nitrogen and oxygen atoms in total. The van der Waals surface area contributed by atoms with Gasteiger partial charge in [-0.15, -0.1) is 0 Å². The largest absolute Gasteiger partial charge is 0.245 e. The summed E-state index contributed by atoms with van der Waals surface area (Å²) in [5.74, 6) is 0. The van der Waals surface area contributed by atoms with Crippen molar-refractivity contribution < 1.29 is 0 Å². The molecule has 0 amide bonds. The topological polar surface area (TPSA) is 25.8 Å². The minimum Gasteiger partial charge on any atom is -0.245 e. The van der Waals surface area contributed by atoms with Crippen LogP contribution in [0.2, 0.25) is 0 Å². The maximum atomic E-state index is 4.63. The van der Waals surface area contributed by atoms with E-state index in [1.165, 1.54) is 0 Å². The molecular weight excluding hydrogens is 208 g/mol. The zero-order valence-corrected chi connectivity index (χ0v) is 10.2. The minimum atomic E-state index is 0.927. The van der Waals surface area contributed by atoms with Gasteiger partial charge in [0.25, 0.3) is 0 Å². The van der Waals surface area contributed by atoms with Gasteiger partial charge in [0.2, 0.25) is 0 Å². The van der Waals surface area contributed by atoms with Gasteiger partial charge in [0, 0.05) is 0 Å². The van der Waals surface area contributed by atoms with Crippen molar-refractivity contribution in [2.45, 2.75) is 20.3 Å². The van der Waals surface area contributed by atoms with Crippen molar-refractivity contribution in [1.29, 1.82) is 0 Å². The Balaban J connectivity index is 2.61. The van der Waals surface area contributed by atoms with Crippen LogP contribution >= 0.6 is 0 Å².